The molecule has 0 bridgehead atoms. The van der Waals surface area contributed by atoms with Crippen LogP contribution < -0.4 is 15.0 Å². The van der Waals surface area contributed by atoms with Gasteiger partial charge in [-0.1, -0.05) is 0 Å². The Labute approximate surface area is 114 Å². The average Bonchev–Trinajstić information content (AvgIpc) is 2.25. The van der Waals surface area contributed by atoms with Crippen LogP contribution in [0.15, 0.2) is 18.3 Å². The minimum absolute atomic E-state index is 0.0333. The van der Waals surface area contributed by atoms with Gasteiger partial charge in [0.15, 0.2) is 11.6 Å². The second-order valence-electron chi connectivity index (χ2n) is 5.87. The van der Waals surface area contributed by atoms with Crippen molar-refractivity contribution in [1.29, 1.82) is 0 Å². The van der Waals surface area contributed by atoms with Crippen LogP contribution in [-0.4, -0.2) is 36.6 Å². The Morgan fingerprint density at radius 1 is 1.47 bits per heavy atom. The minimum Gasteiger partial charge on any atom is -0.493 e. The first-order chi connectivity index (χ1) is 8.90. The largest absolute Gasteiger partial charge is 0.493 e. The van der Waals surface area contributed by atoms with Crippen LogP contribution in [0.25, 0.3) is 0 Å². The summed E-state index contributed by atoms with van der Waals surface area (Å²) < 4.78 is 5.27. The van der Waals surface area contributed by atoms with Crippen LogP contribution in [0.3, 0.4) is 0 Å². The van der Waals surface area contributed by atoms with E-state index in [-0.39, 0.29) is 17.4 Å². The molecule has 19 heavy (non-hydrogen) atoms. The summed E-state index contributed by atoms with van der Waals surface area (Å²) in [5.41, 5.74) is -0.180. The summed E-state index contributed by atoms with van der Waals surface area (Å²) in [7, 11) is 1.63. The van der Waals surface area contributed by atoms with Crippen LogP contribution in [0.1, 0.15) is 20.8 Å². The predicted molar refractivity (Wildman–Crippen MR) is 74.4 cm³/mol. The number of hydrogen-bond acceptors (Lipinski definition) is 4. The van der Waals surface area contributed by atoms with Gasteiger partial charge in [0.1, 0.15) is 0 Å². The number of methoxy groups -OCH3 is 1. The summed E-state index contributed by atoms with van der Waals surface area (Å²) in [6.07, 6.45) is 1.74. The molecule has 0 aliphatic carbocycles. The smallest absolute Gasteiger partial charge is 0.227 e. The van der Waals surface area contributed by atoms with E-state index in [1.165, 1.54) is 0 Å². The third-order valence-corrected chi connectivity index (χ3v) is 3.02. The van der Waals surface area contributed by atoms with Crippen LogP contribution >= 0.6 is 0 Å². The molecule has 1 aromatic rings. The van der Waals surface area contributed by atoms with Crippen molar-refractivity contribution in [2.24, 2.45) is 5.92 Å². The number of hydrogen-bond donors (Lipinski definition) is 1. The number of amides is 1. The molecule has 1 aliphatic rings. The lowest BCUT2D eigenvalue weighted by atomic mass is 9.97. The molecule has 2 rings (SSSR count). The Hall–Kier alpha value is -1.78. The molecule has 2 heterocycles. The third kappa shape index (κ3) is 3.16. The van der Waals surface area contributed by atoms with Gasteiger partial charge in [0, 0.05) is 24.8 Å². The maximum atomic E-state index is 12.0. The van der Waals surface area contributed by atoms with Gasteiger partial charge in [0.2, 0.25) is 5.91 Å². The van der Waals surface area contributed by atoms with Crippen molar-refractivity contribution < 1.29 is 9.53 Å². The number of nitrogens with one attached hydrogen (secondary N) is 1. The maximum Gasteiger partial charge on any atom is 0.227 e. The topological polar surface area (TPSA) is 54.5 Å². The number of pyridine rings is 1. The van der Waals surface area contributed by atoms with Gasteiger partial charge in [-0.25, -0.2) is 4.98 Å². The fourth-order valence-electron chi connectivity index (χ4n) is 2.07. The molecule has 1 amide bonds. The molecule has 0 saturated carbocycles. The van der Waals surface area contributed by atoms with E-state index < -0.39 is 0 Å². The van der Waals surface area contributed by atoms with Gasteiger partial charge in [-0.3, -0.25) is 4.79 Å². The Morgan fingerprint density at radius 3 is 2.74 bits per heavy atom. The van der Waals surface area contributed by atoms with Gasteiger partial charge in [0.05, 0.1) is 13.0 Å². The van der Waals surface area contributed by atoms with Crippen LogP contribution in [0.2, 0.25) is 0 Å². The van der Waals surface area contributed by atoms with Crippen molar-refractivity contribution in [2.45, 2.75) is 26.3 Å². The molecule has 1 aromatic heterocycles. The van der Waals surface area contributed by atoms with Crippen LogP contribution in [-0.2, 0) is 4.79 Å². The molecule has 0 atom stereocenters. The van der Waals surface area contributed by atoms with E-state index in [1.807, 2.05) is 32.9 Å². The van der Waals surface area contributed by atoms with Crippen molar-refractivity contribution in [3.8, 4) is 5.75 Å². The summed E-state index contributed by atoms with van der Waals surface area (Å²) in [5.74, 6) is 1.70. The van der Waals surface area contributed by atoms with Gasteiger partial charge < -0.3 is 15.0 Å². The summed E-state index contributed by atoms with van der Waals surface area (Å²) in [4.78, 5) is 18.4. The SMILES string of the molecule is COc1cccnc1N1CC(C(=O)NC(C)(C)C)C1. The predicted octanol–water partition coefficient (Wildman–Crippen LogP) is 1.44. The van der Waals surface area contributed by atoms with E-state index in [0.29, 0.717) is 13.1 Å². The Morgan fingerprint density at radius 2 is 2.16 bits per heavy atom. The van der Waals surface area contributed by atoms with Crippen LogP contribution in [0.5, 0.6) is 5.75 Å². The summed E-state index contributed by atoms with van der Waals surface area (Å²) in [6.45, 7) is 7.35. The number of ether oxygens (including phenoxy) is 1. The van der Waals surface area contributed by atoms with Crippen LogP contribution in [0, 0.1) is 5.92 Å². The van der Waals surface area contributed by atoms with Gasteiger partial charge in [-0.15, -0.1) is 0 Å². The van der Waals surface area contributed by atoms with Crippen molar-refractivity contribution in [3.05, 3.63) is 18.3 Å². The first-order valence-corrected chi connectivity index (χ1v) is 6.46. The molecule has 0 aromatic carbocycles. The minimum atomic E-state index is -0.180. The molecule has 1 aliphatic heterocycles. The summed E-state index contributed by atoms with van der Waals surface area (Å²) in [5, 5.41) is 3.00. The summed E-state index contributed by atoms with van der Waals surface area (Å²) in [6, 6.07) is 3.72. The standard InChI is InChI=1S/C14H21N3O2/c1-14(2,3)16-13(18)10-8-17(9-10)12-11(19-4)6-5-7-15-12/h5-7,10H,8-9H2,1-4H3,(H,16,18). The lowest BCUT2D eigenvalue weighted by Gasteiger charge is -2.40. The summed E-state index contributed by atoms with van der Waals surface area (Å²) >= 11 is 0. The average molecular weight is 263 g/mol. The van der Waals surface area contributed by atoms with Crippen LogP contribution in [0.4, 0.5) is 5.82 Å². The quantitative estimate of drug-likeness (QED) is 0.896. The molecule has 1 fully saturated rings. The molecule has 104 valence electrons. The number of aromatic nitrogens is 1. The van der Waals surface area contributed by atoms with Crippen molar-refractivity contribution in [1.82, 2.24) is 10.3 Å². The first kappa shape index (κ1) is 13.6. The normalized spacial score (nSPS) is 15.9. The van der Waals surface area contributed by atoms with Gasteiger partial charge >= 0.3 is 0 Å². The highest BCUT2D eigenvalue weighted by Crippen LogP contribution is 2.30. The lowest BCUT2D eigenvalue weighted by molar-refractivity contribution is -0.127. The van der Waals surface area contributed by atoms with E-state index in [1.54, 1.807) is 13.3 Å². The second kappa shape index (κ2) is 5.07. The highest BCUT2D eigenvalue weighted by atomic mass is 16.5. The molecular formula is C14H21N3O2. The molecule has 0 radical (unpaired) electrons. The fourth-order valence-corrected chi connectivity index (χ4v) is 2.07. The van der Waals surface area contributed by atoms with Crippen molar-refractivity contribution in [3.63, 3.8) is 0 Å². The molecule has 1 saturated heterocycles. The third-order valence-electron chi connectivity index (χ3n) is 3.02. The Balaban J connectivity index is 1.94. The number of rotatable bonds is 3. The number of anilines is 1. The second-order valence-corrected chi connectivity index (χ2v) is 5.87. The Bertz CT molecular complexity index is 462. The van der Waals surface area contributed by atoms with E-state index >= 15 is 0 Å². The van der Waals surface area contributed by atoms with Gasteiger partial charge in [-0.2, -0.15) is 0 Å². The lowest BCUT2D eigenvalue weighted by Crippen LogP contribution is -2.56. The monoisotopic (exact) mass is 263 g/mol. The Kier molecular flexibility index (Phi) is 3.64. The number of carbonyl (C=O) groups excluding carboxylic acids is 1. The molecule has 0 spiro atoms. The number of nitrogens with zero attached hydrogens (tertiary/aromatic N) is 2. The van der Waals surface area contributed by atoms with Crippen molar-refractivity contribution >= 4 is 11.7 Å². The maximum absolute atomic E-state index is 12.0. The molecular weight excluding hydrogens is 242 g/mol. The number of carbonyl (C=O) groups is 1. The highest BCUT2D eigenvalue weighted by molar-refractivity contribution is 5.82. The molecule has 0 unspecified atom stereocenters. The molecule has 5 nitrogen and oxygen atoms in total. The van der Waals surface area contributed by atoms with Crippen molar-refractivity contribution in [2.75, 3.05) is 25.1 Å². The zero-order valence-corrected chi connectivity index (χ0v) is 11.9. The van der Waals surface area contributed by atoms with Gasteiger partial charge in [-0.05, 0) is 32.9 Å². The molecule has 5 heteroatoms. The van der Waals surface area contributed by atoms with E-state index in [2.05, 4.69) is 15.2 Å². The zero-order chi connectivity index (χ0) is 14.0. The van der Waals surface area contributed by atoms with E-state index in [9.17, 15) is 4.79 Å². The zero-order valence-electron chi connectivity index (χ0n) is 11.9. The highest BCUT2D eigenvalue weighted by Gasteiger charge is 2.35. The fraction of sp³-hybridized carbons (Fsp3) is 0.571. The van der Waals surface area contributed by atoms with Gasteiger partial charge in [0.25, 0.3) is 0 Å². The first-order valence-electron chi connectivity index (χ1n) is 6.46. The van der Waals surface area contributed by atoms with E-state index in [4.69, 9.17) is 4.74 Å². The van der Waals surface area contributed by atoms with E-state index in [0.717, 1.165) is 11.6 Å². The molecule has 1 N–H and O–H groups in total.